The Morgan fingerprint density at radius 1 is 1.25 bits per heavy atom. The summed E-state index contributed by atoms with van der Waals surface area (Å²) < 4.78 is 24.7. The molecule has 0 saturated heterocycles. The van der Waals surface area contributed by atoms with Gasteiger partial charge in [-0.1, -0.05) is 0 Å². The van der Waals surface area contributed by atoms with Gasteiger partial charge in [0.15, 0.2) is 5.90 Å². The molecule has 1 atom stereocenters. The van der Waals surface area contributed by atoms with Crippen LogP contribution in [0.2, 0.25) is 0 Å². The van der Waals surface area contributed by atoms with Crippen LogP contribution in [0, 0.1) is 0 Å². The minimum absolute atomic E-state index is 0.730. The molecular weight excluding hydrogens is 212 g/mol. The second-order valence-corrected chi connectivity index (χ2v) is 5.76. The number of hydroxylamine groups is 1. The van der Waals surface area contributed by atoms with E-state index >= 15 is 0 Å². The Balaban J connectivity index is 4.05. The summed E-state index contributed by atoms with van der Waals surface area (Å²) in [6.45, 7) is -0.730. The van der Waals surface area contributed by atoms with E-state index in [1.54, 1.807) is 5.48 Å². The molecule has 0 heterocycles. The summed E-state index contributed by atoms with van der Waals surface area (Å²) in [4.78, 5) is 25.2. The molecule has 10 heteroatoms. The Hall–Kier alpha value is 0.220. The van der Waals surface area contributed by atoms with Crippen molar-refractivity contribution in [2.45, 2.75) is 0 Å². The van der Waals surface area contributed by atoms with E-state index in [0.29, 0.717) is 0 Å². The van der Waals surface area contributed by atoms with Crippen LogP contribution >= 0.6 is 15.2 Å². The monoisotopic (exact) mass is 221 g/mol. The van der Waals surface area contributed by atoms with Gasteiger partial charge in [0, 0.05) is 0 Å². The van der Waals surface area contributed by atoms with Gasteiger partial charge in [-0.3, -0.25) is 9.13 Å². The Kier molecular flexibility index (Phi) is 4.54. The minimum Gasteiger partial charge on any atom is -0.379 e. The van der Waals surface area contributed by atoms with Crippen LogP contribution in [0.25, 0.3) is 0 Å². The molecule has 5 N–H and O–H groups in total. The molecule has 0 spiro atoms. The van der Waals surface area contributed by atoms with Gasteiger partial charge in [-0.15, -0.1) is 0 Å². The smallest absolute Gasteiger partial charge is 0.356 e. The van der Waals surface area contributed by atoms with Crippen molar-refractivity contribution < 1.29 is 33.5 Å². The summed E-state index contributed by atoms with van der Waals surface area (Å²) in [7, 11) is -8.95. The number of aliphatic hydroxyl groups excluding tert-OH is 1. The normalized spacial score (nSPS) is 17.3. The lowest BCUT2D eigenvalue weighted by molar-refractivity contribution is 0.0892. The van der Waals surface area contributed by atoms with Crippen molar-refractivity contribution in [3.63, 3.8) is 0 Å². The van der Waals surface area contributed by atoms with E-state index in [4.69, 9.17) is 19.8 Å². The lowest BCUT2D eigenvalue weighted by Crippen LogP contribution is -2.14. The molecule has 0 aliphatic carbocycles. The van der Waals surface area contributed by atoms with Crippen LogP contribution in [-0.4, -0.2) is 32.4 Å². The van der Waals surface area contributed by atoms with Crippen molar-refractivity contribution in [3.05, 3.63) is 0 Å². The van der Waals surface area contributed by atoms with Crippen LogP contribution in [0.5, 0.6) is 0 Å². The average molecular weight is 221 g/mol. The first kappa shape index (κ1) is 12.2. The van der Waals surface area contributed by atoms with Crippen LogP contribution in [0.3, 0.4) is 0 Å². The summed E-state index contributed by atoms with van der Waals surface area (Å²) in [5.74, 6) is -1.28. The predicted molar refractivity (Wildman–Crippen MR) is 38.0 cm³/mol. The number of hydrogen-bond donors (Lipinski definition) is 5. The fraction of sp³-hybridized carbons (Fsp3) is 1.00. The second kappa shape index (κ2) is 4.45. The highest BCUT2D eigenvalue weighted by Crippen LogP contribution is 2.54. The molecular formula is C2H9NO7P2. The standard InChI is InChI=1S/C2H9NO7P2/c4-1-3-10-12(8,9)2-11(5,6)7/h3-4H,1-2H2,(H,8,9)(H2,5,6,7). The third-order valence-corrected chi connectivity index (χ3v) is 3.95. The van der Waals surface area contributed by atoms with Crippen LogP contribution in [-0.2, 0) is 13.8 Å². The zero-order valence-electron chi connectivity index (χ0n) is 5.82. The molecule has 0 saturated carbocycles. The zero-order chi connectivity index (χ0) is 9.83. The summed E-state index contributed by atoms with van der Waals surface area (Å²) in [5, 5.41) is 8.07. The zero-order valence-corrected chi connectivity index (χ0v) is 7.61. The van der Waals surface area contributed by atoms with Crippen molar-refractivity contribution in [1.29, 1.82) is 0 Å². The van der Waals surface area contributed by atoms with Gasteiger partial charge < -0.3 is 19.8 Å². The van der Waals surface area contributed by atoms with Gasteiger partial charge in [0.2, 0.25) is 0 Å². The molecule has 0 aromatic heterocycles. The van der Waals surface area contributed by atoms with Crippen LogP contribution in [0.1, 0.15) is 0 Å². The van der Waals surface area contributed by atoms with E-state index in [2.05, 4.69) is 4.62 Å². The van der Waals surface area contributed by atoms with Crippen molar-refractivity contribution in [3.8, 4) is 0 Å². The average Bonchev–Trinajstić information content (AvgIpc) is 1.78. The highest BCUT2D eigenvalue weighted by molar-refractivity contribution is 7.69. The van der Waals surface area contributed by atoms with Gasteiger partial charge in [0.1, 0.15) is 6.73 Å². The lowest BCUT2D eigenvalue weighted by atomic mass is 11.4. The van der Waals surface area contributed by atoms with Crippen molar-refractivity contribution in [1.82, 2.24) is 5.48 Å². The second-order valence-electron chi connectivity index (χ2n) is 1.84. The van der Waals surface area contributed by atoms with Gasteiger partial charge in [0.05, 0.1) is 0 Å². The lowest BCUT2D eigenvalue weighted by Gasteiger charge is -2.11. The highest BCUT2D eigenvalue weighted by Gasteiger charge is 2.31. The maximum Gasteiger partial charge on any atom is 0.356 e. The number of hydrogen-bond acceptors (Lipinski definition) is 5. The number of rotatable bonds is 5. The van der Waals surface area contributed by atoms with Crippen molar-refractivity contribution >= 4 is 15.2 Å². The maximum atomic E-state index is 10.7. The summed E-state index contributed by atoms with van der Waals surface area (Å²) in [5.41, 5.74) is 1.61. The summed E-state index contributed by atoms with van der Waals surface area (Å²) in [6.07, 6.45) is 0. The molecule has 8 nitrogen and oxygen atoms in total. The Bertz CT molecular complexity index is 221. The summed E-state index contributed by atoms with van der Waals surface area (Å²) in [6, 6.07) is 0. The summed E-state index contributed by atoms with van der Waals surface area (Å²) >= 11 is 0. The van der Waals surface area contributed by atoms with Gasteiger partial charge in [0.25, 0.3) is 0 Å². The van der Waals surface area contributed by atoms with E-state index < -0.39 is 27.8 Å². The fourth-order valence-electron chi connectivity index (χ4n) is 0.391. The van der Waals surface area contributed by atoms with Gasteiger partial charge in [-0.05, 0) is 0 Å². The molecule has 0 fully saturated rings. The fourth-order valence-corrected chi connectivity index (χ4v) is 2.74. The molecule has 0 rings (SSSR count). The number of aliphatic hydroxyl groups is 1. The van der Waals surface area contributed by atoms with Crippen molar-refractivity contribution in [2.75, 3.05) is 12.6 Å². The molecule has 0 aromatic rings. The molecule has 0 bridgehead atoms. The number of nitrogens with one attached hydrogen (secondary N) is 1. The van der Waals surface area contributed by atoms with Crippen LogP contribution in [0.4, 0.5) is 0 Å². The van der Waals surface area contributed by atoms with Gasteiger partial charge >= 0.3 is 15.2 Å². The quantitative estimate of drug-likeness (QED) is 0.221. The van der Waals surface area contributed by atoms with Crippen LogP contribution in [0.15, 0.2) is 0 Å². The van der Waals surface area contributed by atoms with Gasteiger partial charge in [-0.2, -0.15) is 5.48 Å². The van der Waals surface area contributed by atoms with E-state index in [1.165, 1.54) is 0 Å². The maximum absolute atomic E-state index is 10.7. The topological polar surface area (TPSA) is 136 Å². The van der Waals surface area contributed by atoms with E-state index in [0.717, 1.165) is 0 Å². The minimum atomic E-state index is -4.59. The largest absolute Gasteiger partial charge is 0.379 e. The van der Waals surface area contributed by atoms with E-state index in [-0.39, 0.29) is 0 Å². The third-order valence-electron chi connectivity index (χ3n) is 0.635. The first-order chi connectivity index (χ1) is 5.27. The Morgan fingerprint density at radius 3 is 2.08 bits per heavy atom. The SMILES string of the molecule is O=P(O)(O)CP(=O)(O)ONCO. The van der Waals surface area contributed by atoms with Gasteiger partial charge in [-0.25, -0.2) is 4.62 Å². The Morgan fingerprint density at radius 2 is 1.75 bits per heavy atom. The molecule has 74 valence electrons. The third kappa shape index (κ3) is 6.90. The molecule has 12 heavy (non-hydrogen) atoms. The molecule has 0 aliphatic heterocycles. The predicted octanol–water partition coefficient (Wildman–Crippen LogP) is -1.22. The molecule has 1 unspecified atom stereocenters. The van der Waals surface area contributed by atoms with Crippen molar-refractivity contribution in [2.24, 2.45) is 0 Å². The van der Waals surface area contributed by atoms with E-state index in [1.807, 2.05) is 0 Å². The first-order valence-electron chi connectivity index (χ1n) is 2.65. The molecule has 0 radical (unpaired) electrons. The molecule has 0 aromatic carbocycles. The van der Waals surface area contributed by atoms with Crippen LogP contribution < -0.4 is 5.48 Å². The van der Waals surface area contributed by atoms with E-state index in [9.17, 15) is 9.13 Å². The first-order valence-corrected chi connectivity index (χ1v) is 6.21. The molecule has 0 aliphatic rings. The highest BCUT2D eigenvalue weighted by atomic mass is 31.2. The Labute approximate surface area is 67.8 Å². The molecule has 0 amide bonds.